The Morgan fingerprint density at radius 3 is 2.62 bits per heavy atom. The molecular formula is C10H14ClNO. The second-order valence-electron chi connectivity index (χ2n) is 3.20. The van der Waals surface area contributed by atoms with Crippen LogP contribution in [0.15, 0.2) is 18.2 Å². The van der Waals surface area contributed by atoms with Gasteiger partial charge in [0.05, 0.1) is 7.11 Å². The molecule has 0 aliphatic heterocycles. The lowest BCUT2D eigenvalue weighted by Gasteiger charge is -2.12. The molecule has 0 bridgehead atoms. The molecule has 0 aliphatic rings. The summed E-state index contributed by atoms with van der Waals surface area (Å²) >= 11 is 6.02. The summed E-state index contributed by atoms with van der Waals surface area (Å²) in [5.74, 6) is 0.848. The number of methoxy groups -OCH3 is 1. The molecule has 0 aliphatic carbocycles. The molecule has 1 rings (SSSR count). The molecule has 0 saturated carbocycles. The number of hydrogen-bond donors (Lipinski definition) is 0. The molecule has 1 aromatic rings. The van der Waals surface area contributed by atoms with E-state index in [1.807, 2.05) is 32.3 Å². The van der Waals surface area contributed by atoms with E-state index < -0.39 is 0 Å². The van der Waals surface area contributed by atoms with Gasteiger partial charge < -0.3 is 9.64 Å². The number of ether oxygens (including phenoxy) is 1. The van der Waals surface area contributed by atoms with Gasteiger partial charge in [-0.3, -0.25) is 0 Å². The maximum absolute atomic E-state index is 6.02. The molecule has 0 heterocycles. The van der Waals surface area contributed by atoms with Crippen LogP contribution in [0.2, 0.25) is 5.02 Å². The molecule has 0 radical (unpaired) electrons. The van der Waals surface area contributed by atoms with E-state index in [1.165, 1.54) is 0 Å². The van der Waals surface area contributed by atoms with Gasteiger partial charge in [0.1, 0.15) is 5.75 Å². The molecular weight excluding hydrogens is 186 g/mol. The monoisotopic (exact) mass is 199 g/mol. The van der Waals surface area contributed by atoms with Crippen molar-refractivity contribution in [2.24, 2.45) is 0 Å². The van der Waals surface area contributed by atoms with E-state index in [-0.39, 0.29) is 0 Å². The van der Waals surface area contributed by atoms with E-state index in [0.29, 0.717) is 0 Å². The summed E-state index contributed by atoms with van der Waals surface area (Å²) in [5, 5.41) is 0.787. The minimum absolute atomic E-state index is 0.787. The molecule has 3 heteroatoms. The van der Waals surface area contributed by atoms with Crippen LogP contribution in [-0.2, 0) is 6.54 Å². The van der Waals surface area contributed by atoms with Crippen LogP contribution in [-0.4, -0.2) is 26.1 Å². The predicted molar refractivity (Wildman–Crippen MR) is 55.4 cm³/mol. The van der Waals surface area contributed by atoms with E-state index in [2.05, 4.69) is 4.90 Å². The topological polar surface area (TPSA) is 12.5 Å². The van der Waals surface area contributed by atoms with Crippen LogP contribution >= 0.6 is 11.6 Å². The quantitative estimate of drug-likeness (QED) is 0.742. The molecule has 0 aromatic heterocycles. The highest BCUT2D eigenvalue weighted by molar-refractivity contribution is 6.31. The van der Waals surface area contributed by atoms with E-state index in [1.54, 1.807) is 7.11 Å². The first-order chi connectivity index (χ1) is 6.13. The number of hydrogen-bond acceptors (Lipinski definition) is 2. The largest absolute Gasteiger partial charge is 0.497 e. The lowest BCUT2D eigenvalue weighted by Crippen LogP contribution is -2.11. The standard InChI is InChI=1S/C10H14ClNO/c1-12(2)7-8-6-9(13-3)4-5-10(8)11/h4-6H,7H2,1-3H3. The van der Waals surface area contributed by atoms with Crippen molar-refractivity contribution in [3.63, 3.8) is 0 Å². The van der Waals surface area contributed by atoms with Crippen LogP contribution in [0.25, 0.3) is 0 Å². The first kappa shape index (κ1) is 10.4. The summed E-state index contributed by atoms with van der Waals surface area (Å²) in [7, 11) is 5.67. The van der Waals surface area contributed by atoms with Crippen LogP contribution < -0.4 is 4.74 Å². The zero-order chi connectivity index (χ0) is 9.84. The Labute approximate surface area is 84.1 Å². The van der Waals surface area contributed by atoms with Crippen LogP contribution in [0, 0.1) is 0 Å². The Morgan fingerprint density at radius 1 is 1.38 bits per heavy atom. The summed E-state index contributed by atoms with van der Waals surface area (Å²) in [5.41, 5.74) is 1.09. The molecule has 72 valence electrons. The second kappa shape index (κ2) is 4.49. The van der Waals surface area contributed by atoms with Crippen LogP contribution in [0.3, 0.4) is 0 Å². The highest BCUT2D eigenvalue weighted by atomic mass is 35.5. The van der Waals surface area contributed by atoms with Crippen molar-refractivity contribution < 1.29 is 4.74 Å². The summed E-state index contributed by atoms with van der Waals surface area (Å²) < 4.78 is 5.11. The highest BCUT2D eigenvalue weighted by Crippen LogP contribution is 2.22. The van der Waals surface area contributed by atoms with Gasteiger partial charge >= 0.3 is 0 Å². The van der Waals surface area contributed by atoms with Crippen LogP contribution in [0.5, 0.6) is 5.75 Å². The molecule has 13 heavy (non-hydrogen) atoms. The fourth-order valence-corrected chi connectivity index (χ4v) is 1.32. The average Bonchev–Trinajstić information content (AvgIpc) is 2.08. The van der Waals surface area contributed by atoms with Crippen LogP contribution in [0.1, 0.15) is 5.56 Å². The number of nitrogens with zero attached hydrogens (tertiary/aromatic N) is 1. The van der Waals surface area contributed by atoms with Crippen molar-refractivity contribution >= 4 is 11.6 Å². The Bertz CT molecular complexity index is 286. The van der Waals surface area contributed by atoms with E-state index in [0.717, 1.165) is 22.9 Å². The summed E-state index contributed by atoms with van der Waals surface area (Å²) in [6, 6.07) is 5.68. The van der Waals surface area contributed by atoms with Crippen LogP contribution in [0.4, 0.5) is 0 Å². The lowest BCUT2D eigenvalue weighted by molar-refractivity contribution is 0.395. The van der Waals surface area contributed by atoms with Crippen molar-refractivity contribution in [3.8, 4) is 5.75 Å². The lowest BCUT2D eigenvalue weighted by atomic mass is 10.2. The maximum atomic E-state index is 6.02. The van der Waals surface area contributed by atoms with Crippen molar-refractivity contribution in [2.45, 2.75) is 6.54 Å². The second-order valence-corrected chi connectivity index (χ2v) is 3.60. The minimum atomic E-state index is 0.787. The van der Waals surface area contributed by atoms with Gasteiger partial charge in [-0.25, -0.2) is 0 Å². The van der Waals surface area contributed by atoms with Gasteiger partial charge in [-0.05, 0) is 37.9 Å². The molecule has 0 N–H and O–H groups in total. The van der Waals surface area contributed by atoms with E-state index >= 15 is 0 Å². The maximum Gasteiger partial charge on any atom is 0.119 e. The minimum Gasteiger partial charge on any atom is -0.497 e. The van der Waals surface area contributed by atoms with Crippen molar-refractivity contribution in [1.29, 1.82) is 0 Å². The van der Waals surface area contributed by atoms with E-state index in [9.17, 15) is 0 Å². The van der Waals surface area contributed by atoms with Crippen molar-refractivity contribution in [1.82, 2.24) is 4.90 Å². The molecule has 2 nitrogen and oxygen atoms in total. The summed E-state index contributed by atoms with van der Waals surface area (Å²) in [6.07, 6.45) is 0. The third-order valence-corrected chi connectivity index (χ3v) is 2.11. The Kier molecular flexibility index (Phi) is 3.58. The smallest absolute Gasteiger partial charge is 0.119 e. The summed E-state index contributed by atoms with van der Waals surface area (Å²) in [6.45, 7) is 0.829. The fourth-order valence-electron chi connectivity index (χ4n) is 1.14. The Hall–Kier alpha value is -0.730. The SMILES string of the molecule is COc1ccc(Cl)c(CN(C)C)c1. The van der Waals surface area contributed by atoms with Crippen molar-refractivity contribution in [2.75, 3.05) is 21.2 Å². The summed E-state index contributed by atoms with van der Waals surface area (Å²) in [4.78, 5) is 2.07. The average molecular weight is 200 g/mol. The Morgan fingerprint density at radius 2 is 2.08 bits per heavy atom. The fraction of sp³-hybridized carbons (Fsp3) is 0.400. The molecule has 0 amide bonds. The zero-order valence-electron chi connectivity index (χ0n) is 8.17. The molecule has 0 saturated heterocycles. The number of rotatable bonds is 3. The first-order valence-corrected chi connectivity index (χ1v) is 4.48. The number of halogens is 1. The number of benzene rings is 1. The molecule has 0 spiro atoms. The molecule has 0 atom stereocenters. The molecule has 0 fully saturated rings. The normalized spacial score (nSPS) is 10.5. The molecule has 1 aromatic carbocycles. The van der Waals surface area contributed by atoms with E-state index in [4.69, 9.17) is 16.3 Å². The van der Waals surface area contributed by atoms with Gasteiger partial charge in [-0.1, -0.05) is 11.6 Å². The third kappa shape index (κ3) is 2.90. The Balaban J connectivity index is 2.90. The van der Waals surface area contributed by atoms with Gasteiger partial charge in [0.25, 0.3) is 0 Å². The third-order valence-electron chi connectivity index (χ3n) is 1.74. The van der Waals surface area contributed by atoms with Gasteiger partial charge in [-0.15, -0.1) is 0 Å². The zero-order valence-corrected chi connectivity index (χ0v) is 8.93. The highest BCUT2D eigenvalue weighted by Gasteiger charge is 2.02. The van der Waals surface area contributed by atoms with Gasteiger partial charge in [0, 0.05) is 11.6 Å². The first-order valence-electron chi connectivity index (χ1n) is 4.10. The van der Waals surface area contributed by atoms with Crippen molar-refractivity contribution in [3.05, 3.63) is 28.8 Å². The van der Waals surface area contributed by atoms with Gasteiger partial charge in [0.15, 0.2) is 0 Å². The molecule has 0 unspecified atom stereocenters. The van der Waals surface area contributed by atoms with Gasteiger partial charge in [-0.2, -0.15) is 0 Å². The van der Waals surface area contributed by atoms with Gasteiger partial charge in [0.2, 0.25) is 0 Å². The predicted octanol–water partition coefficient (Wildman–Crippen LogP) is 2.41.